The van der Waals surface area contributed by atoms with Crippen LogP contribution in [0.3, 0.4) is 0 Å². The summed E-state index contributed by atoms with van der Waals surface area (Å²) in [7, 11) is 0. The smallest absolute Gasteiger partial charge is 0.243 e. The van der Waals surface area contributed by atoms with Gasteiger partial charge >= 0.3 is 0 Å². The van der Waals surface area contributed by atoms with Gasteiger partial charge in [-0.1, -0.05) is 27.5 Å². The molecule has 0 saturated carbocycles. The zero-order chi connectivity index (χ0) is 15.4. The van der Waals surface area contributed by atoms with Crippen LogP contribution < -0.4 is 10.6 Å². The van der Waals surface area contributed by atoms with Gasteiger partial charge in [-0.2, -0.15) is 0 Å². The average molecular weight is 372 g/mol. The van der Waals surface area contributed by atoms with Gasteiger partial charge in [-0.3, -0.25) is 4.79 Å². The van der Waals surface area contributed by atoms with Crippen LogP contribution in [-0.4, -0.2) is 12.5 Å². The molecule has 21 heavy (non-hydrogen) atoms. The van der Waals surface area contributed by atoms with Crippen molar-refractivity contribution in [1.82, 2.24) is 0 Å². The molecule has 2 N–H and O–H groups in total. The third-order valence-electron chi connectivity index (χ3n) is 2.83. The topological polar surface area (TPSA) is 41.1 Å². The predicted molar refractivity (Wildman–Crippen MR) is 87.4 cm³/mol. The molecule has 1 amide bonds. The van der Waals surface area contributed by atoms with Crippen molar-refractivity contribution < 1.29 is 9.18 Å². The zero-order valence-electron chi connectivity index (χ0n) is 11.2. The maximum Gasteiger partial charge on any atom is 0.243 e. The fourth-order valence-electron chi connectivity index (χ4n) is 1.79. The second-order valence-corrected chi connectivity index (χ2v) is 5.84. The van der Waals surface area contributed by atoms with Gasteiger partial charge in [0, 0.05) is 15.2 Å². The number of hydrogen-bond donors (Lipinski definition) is 2. The summed E-state index contributed by atoms with van der Waals surface area (Å²) in [6, 6.07) is 9.80. The van der Waals surface area contributed by atoms with E-state index >= 15 is 0 Å². The molecular formula is C15H13BrClFN2O. The maximum atomic E-state index is 13.6. The Balaban J connectivity index is 1.96. The van der Waals surface area contributed by atoms with Gasteiger partial charge in [0.2, 0.25) is 5.91 Å². The van der Waals surface area contributed by atoms with E-state index in [4.69, 9.17) is 11.6 Å². The van der Waals surface area contributed by atoms with Crippen molar-refractivity contribution in [2.75, 3.05) is 17.2 Å². The molecule has 0 radical (unpaired) electrons. The van der Waals surface area contributed by atoms with Crippen molar-refractivity contribution in [2.45, 2.75) is 6.92 Å². The van der Waals surface area contributed by atoms with Gasteiger partial charge in [0.25, 0.3) is 0 Å². The number of anilines is 2. The van der Waals surface area contributed by atoms with Crippen molar-refractivity contribution in [3.63, 3.8) is 0 Å². The lowest BCUT2D eigenvalue weighted by Crippen LogP contribution is -2.22. The van der Waals surface area contributed by atoms with Gasteiger partial charge < -0.3 is 10.6 Å². The van der Waals surface area contributed by atoms with E-state index in [1.165, 1.54) is 12.1 Å². The predicted octanol–water partition coefficient (Wildman–Crippen LogP) is 4.60. The molecule has 0 unspecified atom stereocenters. The van der Waals surface area contributed by atoms with Crippen LogP contribution in [0.1, 0.15) is 5.56 Å². The molecule has 0 aromatic heterocycles. The van der Waals surface area contributed by atoms with Crippen LogP contribution in [0.4, 0.5) is 15.8 Å². The Bertz CT molecular complexity index is 679. The van der Waals surface area contributed by atoms with Crippen LogP contribution in [0.2, 0.25) is 5.02 Å². The summed E-state index contributed by atoms with van der Waals surface area (Å²) in [6.07, 6.45) is 0. The first-order valence-corrected chi connectivity index (χ1v) is 7.38. The highest BCUT2D eigenvalue weighted by Gasteiger charge is 2.08. The van der Waals surface area contributed by atoms with Gasteiger partial charge in [0.1, 0.15) is 5.82 Å². The Kier molecular flexibility index (Phi) is 5.20. The lowest BCUT2D eigenvalue weighted by Gasteiger charge is -2.11. The number of amides is 1. The number of aryl methyl sites for hydroxylation is 1. The van der Waals surface area contributed by atoms with E-state index < -0.39 is 5.82 Å². The zero-order valence-corrected chi connectivity index (χ0v) is 13.6. The Morgan fingerprint density at radius 3 is 2.62 bits per heavy atom. The summed E-state index contributed by atoms with van der Waals surface area (Å²) in [5, 5.41) is 5.79. The number of hydrogen-bond acceptors (Lipinski definition) is 2. The molecule has 2 aromatic carbocycles. The van der Waals surface area contributed by atoms with Crippen LogP contribution in [0.15, 0.2) is 40.9 Å². The molecule has 0 atom stereocenters. The Labute approximate surface area is 135 Å². The molecule has 2 aromatic rings. The number of carbonyl (C=O) groups is 1. The summed E-state index contributed by atoms with van der Waals surface area (Å²) in [5.74, 6) is -0.894. The monoisotopic (exact) mass is 370 g/mol. The summed E-state index contributed by atoms with van der Waals surface area (Å²) in [5.41, 5.74) is 1.97. The highest BCUT2D eigenvalue weighted by molar-refractivity contribution is 9.10. The first-order valence-electron chi connectivity index (χ1n) is 6.20. The fraction of sp³-hybridized carbons (Fsp3) is 0.133. The van der Waals surface area contributed by atoms with Gasteiger partial charge in [-0.15, -0.1) is 0 Å². The Morgan fingerprint density at radius 1 is 1.24 bits per heavy atom. The molecule has 0 aliphatic rings. The van der Waals surface area contributed by atoms with E-state index in [0.717, 1.165) is 21.8 Å². The summed E-state index contributed by atoms with van der Waals surface area (Å²) < 4.78 is 14.5. The number of nitrogens with one attached hydrogen (secondary N) is 2. The van der Waals surface area contributed by atoms with E-state index in [1.54, 1.807) is 0 Å². The molecule has 0 aliphatic heterocycles. The minimum absolute atomic E-state index is 0.0462. The lowest BCUT2D eigenvalue weighted by atomic mass is 10.2. The van der Waals surface area contributed by atoms with Crippen molar-refractivity contribution in [1.29, 1.82) is 0 Å². The van der Waals surface area contributed by atoms with E-state index in [0.29, 0.717) is 0 Å². The molecule has 0 bridgehead atoms. The van der Waals surface area contributed by atoms with E-state index in [9.17, 15) is 9.18 Å². The molecular weight excluding hydrogens is 359 g/mol. The maximum absolute atomic E-state index is 13.6. The molecule has 0 aliphatic carbocycles. The van der Waals surface area contributed by atoms with E-state index in [1.807, 2.05) is 25.1 Å². The van der Waals surface area contributed by atoms with Gasteiger partial charge in [-0.25, -0.2) is 4.39 Å². The van der Waals surface area contributed by atoms with E-state index in [2.05, 4.69) is 26.6 Å². The second-order valence-electron chi connectivity index (χ2n) is 4.49. The van der Waals surface area contributed by atoms with Crippen LogP contribution >= 0.6 is 27.5 Å². The lowest BCUT2D eigenvalue weighted by molar-refractivity contribution is -0.114. The summed E-state index contributed by atoms with van der Waals surface area (Å²) >= 11 is 9.03. The van der Waals surface area contributed by atoms with Crippen LogP contribution in [0.5, 0.6) is 0 Å². The molecule has 110 valence electrons. The highest BCUT2D eigenvalue weighted by atomic mass is 79.9. The summed E-state index contributed by atoms with van der Waals surface area (Å²) in [4.78, 5) is 11.8. The SMILES string of the molecule is Cc1cc(Br)ccc1NCC(=O)Nc1ccc(Cl)cc1F. The number of benzene rings is 2. The number of carbonyl (C=O) groups excluding carboxylic acids is 1. The number of rotatable bonds is 4. The largest absolute Gasteiger partial charge is 0.376 e. The van der Waals surface area contributed by atoms with Crippen molar-refractivity contribution in [3.8, 4) is 0 Å². The highest BCUT2D eigenvalue weighted by Crippen LogP contribution is 2.20. The molecule has 6 heteroatoms. The molecule has 3 nitrogen and oxygen atoms in total. The van der Waals surface area contributed by atoms with Crippen LogP contribution in [0.25, 0.3) is 0 Å². The van der Waals surface area contributed by atoms with E-state index in [-0.39, 0.29) is 23.2 Å². The normalized spacial score (nSPS) is 10.3. The van der Waals surface area contributed by atoms with Crippen LogP contribution in [-0.2, 0) is 4.79 Å². The average Bonchev–Trinajstić information content (AvgIpc) is 2.41. The first-order chi connectivity index (χ1) is 9.95. The quantitative estimate of drug-likeness (QED) is 0.824. The molecule has 2 rings (SSSR count). The van der Waals surface area contributed by atoms with Crippen molar-refractivity contribution in [2.24, 2.45) is 0 Å². The minimum atomic E-state index is -0.560. The Hall–Kier alpha value is -1.59. The first kappa shape index (κ1) is 15.8. The minimum Gasteiger partial charge on any atom is -0.376 e. The molecule has 0 saturated heterocycles. The third-order valence-corrected chi connectivity index (χ3v) is 3.56. The van der Waals surface area contributed by atoms with Crippen LogP contribution in [0, 0.1) is 12.7 Å². The Morgan fingerprint density at radius 2 is 1.95 bits per heavy atom. The van der Waals surface area contributed by atoms with Crippen molar-refractivity contribution in [3.05, 3.63) is 57.3 Å². The fourth-order valence-corrected chi connectivity index (χ4v) is 2.42. The molecule has 0 spiro atoms. The molecule has 0 heterocycles. The van der Waals surface area contributed by atoms with Crippen molar-refractivity contribution >= 4 is 44.8 Å². The van der Waals surface area contributed by atoms with Gasteiger partial charge in [-0.05, 0) is 48.9 Å². The third kappa shape index (κ3) is 4.44. The second kappa shape index (κ2) is 6.91. The van der Waals surface area contributed by atoms with Gasteiger partial charge in [0.05, 0.1) is 12.2 Å². The summed E-state index contributed by atoms with van der Waals surface area (Å²) in [6.45, 7) is 1.98. The number of halogens is 3. The standard InChI is InChI=1S/C15H13BrClFN2O/c1-9-6-10(16)2-4-13(9)19-8-15(21)20-14-5-3-11(17)7-12(14)18/h2-7,19H,8H2,1H3,(H,20,21). The molecule has 0 fully saturated rings. The van der Waals surface area contributed by atoms with Gasteiger partial charge in [0.15, 0.2) is 0 Å².